The van der Waals surface area contributed by atoms with E-state index in [0.29, 0.717) is 77.2 Å². The molecule has 0 heterocycles. The van der Waals surface area contributed by atoms with Gasteiger partial charge in [-0.05, 0) is 13.8 Å². The molecule has 0 unspecified atom stereocenters. The zero-order valence-electron chi connectivity index (χ0n) is 16.1. The summed E-state index contributed by atoms with van der Waals surface area (Å²) in [4.78, 5) is 0. The van der Waals surface area contributed by atoms with E-state index in [1.54, 1.807) is 26.7 Å². The van der Waals surface area contributed by atoms with Gasteiger partial charge in [-0.3, -0.25) is 0 Å². The van der Waals surface area contributed by atoms with Gasteiger partial charge in [0.05, 0.1) is 53.9 Å². The molecule has 0 aliphatic carbocycles. The molecule has 0 aromatic carbocycles. The summed E-state index contributed by atoms with van der Waals surface area (Å²) in [6.45, 7) is 8.76. The fourth-order valence-corrected chi connectivity index (χ4v) is 1.68. The number of rotatable bonds is 18. The molecule has 0 saturated heterocycles. The van der Waals surface area contributed by atoms with E-state index in [1.807, 2.05) is 13.8 Å². The van der Waals surface area contributed by atoms with Crippen LogP contribution in [0, 0.1) is 0 Å². The third-order valence-corrected chi connectivity index (χ3v) is 3.06. The highest BCUT2D eigenvalue weighted by molar-refractivity contribution is 4.92. The van der Waals surface area contributed by atoms with Crippen molar-refractivity contribution in [1.29, 1.82) is 0 Å². The molecule has 0 fully saturated rings. The Morgan fingerprint density at radius 3 is 1.36 bits per heavy atom. The summed E-state index contributed by atoms with van der Waals surface area (Å²) in [5, 5.41) is 0. The molecule has 0 rings (SSSR count). The van der Waals surface area contributed by atoms with Crippen molar-refractivity contribution in [3.8, 4) is 0 Å². The molecule has 0 aliphatic heterocycles. The van der Waals surface area contributed by atoms with E-state index in [-0.39, 0.29) is 0 Å². The molecule has 0 aliphatic rings. The van der Waals surface area contributed by atoms with Gasteiger partial charge in [-0.2, -0.15) is 0 Å². The van der Waals surface area contributed by atoms with Crippen molar-refractivity contribution in [3.63, 3.8) is 0 Å². The first kappa shape index (κ1) is 23.7. The Kier molecular flexibility index (Phi) is 18.1. The maximum absolute atomic E-state index is 5.44. The SMILES string of the molecule is CCOCCOCCC(=COC=C(CCOCCOCC)OC)OC. The summed E-state index contributed by atoms with van der Waals surface area (Å²) in [7, 11) is 3.20. The summed E-state index contributed by atoms with van der Waals surface area (Å²) in [5.74, 6) is 1.38. The Labute approximate surface area is 151 Å². The van der Waals surface area contributed by atoms with E-state index in [0.717, 1.165) is 0 Å². The summed E-state index contributed by atoms with van der Waals surface area (Å²) >= 11 is 0. The first-order chi connectivity index (χ1) is 12.3. The third-order valence-electron chi connectivity index (χ3n) is 3.06. The average Bonchev–Trinajstić information content (AvgIpc) is 2.64. The Balaban J connectivity index is 3.93. The fourth-order valence-electron chi connectivity index (χ4n) is 1.68. The minimum atomic E-state index is 0.546. The van der Waals surface area contributed by atoms with Gasteiger partial charge in [-0.15, -0.1) is 0 Å². The second-order valence-corrected chi connectivity index (χ2v) is 4.83. The lowest BCUT2D eigenvalue weighted by molar-refractivity contribution is 0.0494. The number of ether oxygens (including phenoxy) is 7. The van der Waals surface area contributed by atoms with Gasteiger partial charge in [-0.25, -0.2) is 0 Å². The highest BCUT2D eigenvalue weighted by Gasteiger charge is 2.00. The van der Waals surface area contributed by atoms with Gasteiger partial charge in [0.25, 0.3) is 0 Å². The van der Waals surface area contributed by atoms with Gasteiger partial charge < -0.3 is 33.2 Å². The Morgan fingerprint density at radius 1 is 0.600 bits per heavy atom. The quantitative estimate of drug-likeness (QED) is 0.274. The van der Waals surface area contributed by atoms with Crippen LogP contribution in [0.5, 0.6) is 0 Å². The smallest absolute Gasteiger partial charge is 0.133 e. The van der Waals surface area contributed by atoms with Gasteiger partial charge in [0.1, 0.15) is 24.0 Å². The molecule has 0 spiro atoms. The van der Waals surface area contributed by atoms with Crippen molar-refractivity contribution in [2.75, 3.05) is 67.1 Å². The molecule has 0 amide bonds. The highest BCUT2D eigenvalue weighted by atomic mass is 16.5. The van der Waals surface area contributed by atoms with E-state index in [9.17, 15) is 0 Å². The Bertz CT molecular complexity index is 310. The molecule has 0 atom stereocenters. The van der Waals surface area contributed by atoms with Gasteiger partial charge >= 0.3 is 0 Å². The van der Waals surface area contributed by atoms with Crippen LogP contribution in [0.4, 0.5) is 0 Å². The fraction of sp³-hybridized carbons (Fsp3) is 0.778. The molecule has 7 heteroatoms. The third kappa shape index (κ3) is 16.0. The van der Waals surface area contributed by atoms with Crippen LogP contribution in [0.3, 0.4) is 0 Å². The van der Waals surface area contributed by atoms with Gasteiger partial charge in [-0.1, -0.05) is 0 Å². The van der Waals surface area contributed by atoms with Crippen LogP contribution < -0.4 is 0 Å². The van der Waals surface area contributed by atoms with Crippen LogP contribution in [0.25, 0.3) is 0 Å². The molecule has 0 bridgehead atoms. The number of hydrogen-bond acceptors (Lipinski definition) is 7. The van der Waals surface area contributed by atoms with E-state index in [1.165, 1.54) is 0 Å². The molecule has 0 N–H and O–H groups in total. The van der Waals surface area contributed by atoms with Crippen molar-refractivity contribution < 1.29 is 33.2 Å². The first-order valence-corrected chi connectivity index (χ1v) is 8.70. The van der Waals surface area contributed by atoms with Crippen LogP contribution in [-0.2, 0) is 33.2 Å². The van der Waals surface area contributed by atoms with E-state index in [2.05, 4.69) is 0 Å². The Hall–Kier alpha value is -1.28. The second-order valence-electron chi connectivity index (χ2n) is 4.83. The lowest BCUT2D eigenvalue weighted by Crippen LogP contribution is -2.06. The van der Waals surface area contributed by atoms with E-state index < -0.39 is 0 Å². The van der Waals surface area contributed by atoms with Crippen molar-refractivity contribution >= 4 is 0 Å². The molecule has 148 valence electrons. The molecule has 0 aromatic heterocycles. The summed E-state index contributed by atoms with van der Waals surface area (Å²) in [6.07, 6.45) is 4.33. The molecule has 0 saturated carbocycles. The zero-order chi connectivity index (χ0) is 18.6. The lowest BCUT2D eigenvalue weighted by atomic mass is 10.4. The van der Waals surface area contributed by atoms with Crippen molar-refractivity contribution in [2.45, 2.75) is 26.7 Å². The number of hydrogen-bond donors (Lipinski definition) is 0. The maximum atomic E-state index is 5.44. The molecule has 0 aromatic rings. The highest BCUT2D eigenvalue weighted by Crippen LogP contribution is 2.07. The normalized spacial score (nSPS) is 12.3. The summed E-state index contributed by atoms with van der Waals surface area (Å²) in [6, 6.07) is 0. The van der Waals surface area contributed by atoms with Crippen molar-refractivity contribution in [1.82, 2.24) is 0 Å². The first-order valence-electron chi connectivity index (χ1n) is 8.70. The van der Waals surface area contributed by atoms with E-state index in [4.69, 9.17) is 33.2 Å². The minimum absolute atomic E-state index is 0.546. The van der Waals surface area contributed by atoms with Gasteiger partial charge in [0, 0.05) is 26.1 Å². The van der Waals surface area contributed by atoms with Crippen LogP contribution in [-0.4, -0.2) is 67.1 Å². The summed E-state index contributed by atoms with van der Waals surface area (Å²) in [5.41, 5.74) is 0. The summed E-state index contributed by atoms with van der Waals surface area (Å²) < 4.78 is 37.2. The molecule has 7 nitrogen and oxygen atoms in total. The largest absolute Gasteiger partial charge is 0.498 e. The maximum Gasteiger partial charge on any atom is 0.133 e. The van der Waals surface area contributed by atoms with Crippen LogP contribution in [0.2, 0.25) is 0 Å². The average molecular weight is 362 g/mol. The molecular weight excluding hydrogens is 328 g/mol. The monoisotopic (exact) mass is 362 g/mol. The van der Waals surface area contributed by atoms with Crippen LogP contribution >= 0.6 is 0 Å². The second kappa shape index (κ2) is 19.1. The minimum Gasteiger partial charge on any atom is -0.498 e. The standard InChI is InChI=1S/C18H34O7/c1-5-21-11-13-23-9-7-17(19-3)15-25-16-18(20-4)8-10-24-14-12-22-6-2/h15-16H,5-14H2,1-4H3. The predicted molar refractivity (Wildman–Crippen MR) is 95.1 cm³/mol. The lowest BCUT2D eigenvalue weighted by Gasteiger charge is -2.09. The van der Waals surface area contributed by atoms with Gasteiger partial charge in [0.2, 0.25) is 0 Å². The van der Waals surface area contributed by atoms with Crippen LogP contribution in [0.1, 0.15) is 26.7 Å². The molecule has 25 heavy (non-hydrogen) atoms. The molecule has 0 radical (unpaired) electrons. The predicted octanol–water partition coefficient (Wildman–Crippen LogP) is 2.87. The topological polar surface area (TPSA) is 64.6 Å². The molecular formula is C18H34O7. The van der Waals surface area contributed by atoms with Crippen LogP contribution in [0.15, 0.2) is 24.0 Å². The number of methoxy groups -OCH3 is 2. The Morgan fingerprint density at radius 2 is 1.00 bits per heavy atom. The van der Waals surface area contributed by atoms with E-state index >= 15 is 0 Å². The van der Waals surface area contributed by atoms with Crippen molar-refractivity contribution in [3.05, 3.63) is 24.0 Å². The van der Waals surface area contributed by atoms with Crippen molar-refractivity contribution in [2.24, 2.45) is 0 Å². The zero-order valence-corrected chi connectivity index (χ0v) is 16.1. The van der Waals surface area contributed by atoms with Gasteiger partial charge in [0.15, 0.2) is 0 Å².